The SMILES string of the molecule is CC(=O)NCCN(C(=O)C(C)N(C)Cc1ccccc1)C(C)C(=O)O. The molecule has 0 aliphatic rings. The van der Waals surface area contributed by atoms with Gasteiger partial charge in [0.2, 0.25) is 11.8 Å². The Morgan fingerprint density at radius 2 is 1.72 bits per heavy atom. The molecule has 2 unspecified atom stereocenters. The minimum Gasteiger partial charge on any atom is -0.480 e. The Bertz CT molecular complexity index is 591. The van der Waals surface area contributed by atoms with Crippen molar-refractivity contribution in [2.45, 2.75) is 39.4 Å². The number of benzene rings is 1. The van der Waals surface area contributed by atoms with Gasteiger partial charge in [0.05, 0.1) is 6.04 Å². The molecule has 1 aromatic rings. The summed E-state index contributed by atoms with van der Waals surface area (Å²) in [6.07, 6.45) is 0. The lowest BCUT2D eigenvalue weighted by Gasteiger charge is -2.32. The normalized spacial score (nSPS) is 13.2. The van der Waals surface area contributed by atoms with Crippen LogP contribution in [-0.2, 0) is 20.9 Å². The molecule has 0 aliphatic carbocycles. The molecule has 0 fully saturated rings. The Hall–Kier alpha value is -2.41. The van der Waals surface area contributed by atoms with Crippen LogP contribution < -0.4 is 5.32 Å². The Morgan fingerprint density at radius 1 is 1.12 bits per heavy atom. The third-order valence-corrected chi connectivity index (χ3v) is 4.13. The van der Waals surface area contributed by atoms with E-state index >= 15 is 0 Å². The van der Waals surface area contributed by atoms with Crippen molar-refractivity contribution in [3.8, 4) is 0 Å². The summed E-state index contributed by atoms with van der Waals surface area (Å²) in [7, 11) is 1.83. The maximum Gasteiger partial charge on any atom is 0.326 e. The maximum atomic E-state index is 12.8. The Balaban J connectivity index is 2.79. The highest BCUT2D eigenvalue weighted by Crippen LogP contribution is 2.10. The fraction of sp³-hybridized carbons (Fsp3) is 0.500. The molecule has 0 saturated carbocycles. The smallest absolute Gasteiger partial charge is 0.326 e. The van der Waals surface area contributed by atoms with Crippen molar-refractivity contribution in [3.63, 3.8) is 0 Å². The number of nitrogens with one attached hydrogen (secondary N) is 1. The predicted octanol–water partition coefficient (Wildman–Crippen LogP) is 0.945. The standard InChI is InChI=1S/C18H27N3O4/c1-13(20(4)12-16-8-6-5-7-9-16)17(23)21(14(2)18(24)25)11-10-19-15(3)22/h5-9,13-14H,10-12H2,1-4H3,(H,19,22)(H,24,25). The van der Waals surface area contributed by atoms with Crippen molar-refractivity contribution in [1.82, 2.24) is 15.1 Å². The minimum atomic E-state index is -1.07. The topological polar surface area (TPSA) is 90.0 Å². The predicted molar refractivity (Wildman–Crippen MR) is 94.9 cm³/mol. The summed E-state index contributed by atoms with van der Waals surface area (Å²) in [5.41, 5.74) is 1.07. The van der Waals surface area contributed by atoms with E-state index in [1.165, 1.54) is 18.7 Å². The van der Waals surface area contributed by atoms with Crippen molar-refractivity contribution in [3.05, 3.63) is 35.9 Å². The van der Waals surface area contributed by atoms with Crippen LogP contribution >= 0.6 is 0 Å². The van der Waals surface area contributed by atoms with Crippen LogP contribution in [0.3, 0.4) is 0 Å². The molecule has 0 aromatic heterocycles. The van der Waals surface area contributed by atoms with Crippen LogP contribution in [0.4, 0.5) is 0 Å². The number of carboxylic acid groups (broad SMARTS) is 1. The zero-order chi connectivity index (χ0) is 19.0. The molecule has 7 nitrogen and oxygen atoms in total. The van der Waals surface area contributed by atoms with Crippen molar-refractivity contribution in [1.29, 1.82) is 0 Å². The van der Waals surface area contributed by atoms with E-state index in [4.69, 9.17) is 0 Å². The molecule has 1 aromatic carbocycles. The lowest BCUT2D eigenvalue weighted by Crippen LogP contribution is -2.53. The molecule has 2 N–H and O–H groups in total. The number of likely N-dealkylation sites (N-methyl/N-ethyl adjacent to an activating group) is 1. The van der Waals surface area contributed by atoms with Gasteiger partial charge in [-0.25, -0.2) is 4.79 Å². The van der Waals surface area contributed by atoms with Crippen molar-refractivity contribution in [2.75, 3.05) is 20.1 Å². The number of hydrogen-bond acceptors (Lipinski definition) is 4. The van der Waals surface area contributed by atoms with Crippen LogP contribution in [0.2, 0.25) is 0 Å². The first-order valence-corrected chi connectivity index (χ1v) is 8.26. The van der Waals surface area contributed by atoms with Gasteiger partial charge in [-0.3, -0.25) is 14.5 Å². The second-order valence-corrected chi connectivity index (χ2v) is 6.11. The number of rotatable bonds is 9. The number of carbonyl (C=O) groups excluding carboxylic acids is 2. The molecular weight excluding hydrogens is 322 g/mol. The van der Waals surface area contributed by atoms with Gasteiger partial charge in [0.15, 0.2) is 0 Å². The summed E-state index contributed by atoms with van der Waals surface area (Å²) in [5, 5.41) is 11.9. The molecular formula is C18H27N3O4. The van der Waals surface area contributed by atoms with E-state index in [0.717, 1.165) is 5.56 Å². The highest BCUT2D eigenvalue weighted by molar-refractivity contribution is 5.86. The molecule has 0 saturated heterocycles. The average Bonchev–Trinajstić information content (AvgIpc) is 2.57. The van der Waals surface area contributed by atoms with Gasteiger partial charge in [-0.2, -0.15) is 0 Å². The summed E-state index contributed by atoms with van der Waals surface area (Å²) >= 11 is 0. The van der Waals surface area contributed by atoms with Crippen molar-refractivity contribution >= 4 is 17.8 Å². The van der Waals surface area contributed by atoms with Crippen LogP contribution in [-0.4, -0.2) is 64.9 Å². The number of nitrogens with zero attached hydrogens (tertiary/aromatic N) is 2. The third-order valence-electron chi connectivity index (χ3n) is 4.13. The summed E-state index contributed by atoms with van der Waals surface area (Å²) in [6, 6.07) is 8.29. The Labute approximate surface area is 148 Å². The average molecular weight is 349 g/mol. The summed E-state index contributed by atoms with van der Waals surface area (Å²) in [5.74, 6) is -1.57. The summed E-state index contributed by atoms with van der Waals surface area (Å²) in [6.45, 7) is 5.55. The van der Waals surface area contributed by atoms with Crippen LogP contribution in [0.15, 0.2) is 30.3 Å². The van der Waals surface area contributed by atoms with E-state index in [-0.39, 0.29) is 24.9 Å². The molecule has 7 heteroatoms. The lowest BCUT2D eigenvalue weighted by atomic mass is 10.1. The lowest BCUT2D eigenvalue weighted by molar-refractivity contribution is -0.151. The fourth-order valence-electron chi connectivity index (χ4n) is 2.42. The van der Waals surface area contributed by atoms with Crippen LogP contribution in [0.5, 0.6) is 0 Å². The van der Waals surface area contributed by atoms with Crippen molar-refractivity contribution < 1.29 is 19.5 Å². The highest BCUT2D eigenvalue weighted by Gasteiger charge is 2.30. The number of hydrogen-bond donors (Lipinski definition) is 2. The van der Waals surface area contributed by atoms with E-state index in [2.05, 4.69) is 5.32 Å². The van der Waals surface area contributed by atoms with E-state index in [9.17, 15) is 19.5 Å². The maximum absolute atomic E-state index is 12.8. The zero-order valence-electron chi connectivity index (χ0n) is 15.2. The second-order valence-electron chi connectivity index (χ2n) is 6.11. The molecule has 0 heterocycles. The van der Waals surface area contributed by atoms with Gasteiger partial charge in [-0.1, -0.05) is 30.3 Å². The van der Waals surface area contributed by atoms with Gasteiger partial charge >= 0.3 is 5.97 Å². The van der Waals surface area contributed by atoms with E-state index in [1.54, 1.807) is 6.92 Å². The summed E-state index contributed by atoms with van der Waals surface area (Å²) in [4.78, 5) is 38.3. The zero-order valence-corrected chi connectivity index (χ0v) is 15.2. The van der Waals surface area contributed by atoms with Gasteiger partial charge in [0.1, 0.15) is 6.04 Å². The van der Waals surface area contributed by atoms with Gasteiger partial charge in [0, 0.05) is 26.6 Å². The monoisotopic (exact) mass is 349 g/mol. The van der Waals surface area contributed by atoms with Gasteiger partial charge in [0.25, 0.3) is 0 Å². The number of carbonyl (C=O) groups is 3. The molecule has 138 valence electrons. The second kappa shape index (κ2) is 9.78. The quantitative estimate of drug-likeness (QED) is 0.693. The van der Waals surface area contributed by atoms with Crippen molar-refractivity contribution in [2.24, 2.45) is 0 Å². The van der Waals surface area contributed by atoms with E-state index in [1.807, 2.05) is 42.3 Å². The first-order chi connectivity index (χ1) is 11.7. The minimum absolute atomic E-state index is 0.148. The molecule has 1 rings (SSSR count). The van der Waals surface area contributed by atoms with Crippen LogP contribution in [0, 0.1) is 0 Å². The van der Waals surface area contributed by atoms with Crippen LogP contribution in [0.1, 0.15) is 26.3 Å². The Kier molecular flexibility index (Phi) is 8.07. The molecule has 0 bridgehead atoms. The van der Waals surface area contributed by atoms with Gasteiger partial charge in [-0.15, -0.1) is 0 Å². The highest BCUT2D eigenvalue weighted by atomic mass is 16.4. The molecule has 0 aliphatic heterocycles. The largest absolute Gasteiger partial charge is 0.480 e. The molecule has 2 amide bonds. The fourth-order valence-corrected chi connectivity index (χ4v) is 2.42. The third kappa shape index (κ3) is 6.54. The van der Waals surface area contributed by atoms with E-state index < -0.39 is 18.1 Å². The number of amides is 2. The molecule has 0 radical (unpaired) electrons. The first-order valence-electron chi connectivity index (χ1n) is 8.26. The van der Waals surface area contributed by atoms with Gasteiger partial charge in [-0.05, 0) is 26.5 Å². The Morgan fingerprint density at radius 3 is 2.24 bits per heavy atom. The van der Waals surface area contributed by atoms with Gasteiger partial charge < -0.3 is 15.3 Å². The first kappa shape index (κ1) is 20.6. The molecule has 25 heavy (non-hydrogen) atoms. The van der Waals surface area contributed by atoms with Crippen LogP contribution in [0.25, 0.3) is 0 Å². The van der Waals surface area contributed by atoms with E-state index in [0.29, 0.717) is 6.54 Å². The molecule has 0 spiro atoms. The number of aliphatic carboxylic acids is 1. The summed E-state index contributed by atoms with van der Waals surface area (Å²) < 4.78 is 0. The number of carboxylic acids is 1. The molecule has 2 atom stereocenters.